The van der Waals surface area contributed by atoms with Crippen LogP contribution >= 0.6 is 0 Å². The maximum absolute atomic E-state index is 15.0. The minimum Gasteiger partial charge on any atom is -0.478 e. The van der Waals surface area contributed by atoms with E-state index in [2.05, 4.69) is 18.1 Å². The lowest BCUT2D eigenvalue weighted by molar-refractivity contribution is 0.0999. The largest absolute Gasteiger partial charge is 0.478 e. The van der Waals surface area contributed by atoms with Gasteiger partial charge in [-0.1, -0.05) is 68.2 Å². The number of aliphatic hydroxyl groups is 1. The number of aryl methyl sites for hydroxylation is 1. The van der Waals surface area contributed by atoms with Gasteiger partial charge in [-0.3, -0.25) is 9.79 Å². The van der Waals surface area contributed by atoms with Gasteiger partial charge in [-0.25, -0.2) is 4.39 Å². The van der Waals surface area contributed by atoms with Gasteiger partial charge in [0, 0.05) is 42.5 Å². The molecule has 0 amide bonds. The van der Waals surface area contributed by atoms with E-state index in [1.165, 1.54) is 12.1 Å². The molecule has 0 fully saturated rings. The van der Waals surface area contributed by atoms with Gasteiger partial charge in [0.2, 0.25) is 5.82 Å². The molecule has 234 valence electrons. The van der Waals surface area contributed by atoms with Crippen molar-refractivity contribution in [2.45, 2.75) is 71.1 Å². The van der Waals surface area contributed by atoms with E-state index in [0.717, 1.165) is 60.1 Å². The number of ether oxygens (including phenoxy) is 1. The number of hydrogen-bond acceptors (Lipinski definition) is 5. The number of aliphatic hydroxyl groups excluding tert-OH is 1. The zero-order valence-corrected chi connectivity index (χ0v) is 25.8. The number of unbranched alkanes of at least 4 members (excludes halogenated alkanes) is 3. The predicted octanol–water partition coefficient (Wildman–Crippen LogP) is 8.32. The van der Waals surface area contributed by atoms with Crippen LogP contribution in [0.15, 0.2) is 77.0 Å². The van der Waals surface area contributed by atoms with Crippen LogP contribution in [0.1, 0.15) is 85.3 Å². The van der Waals surface area contributed by atoms with Crippen molar-refractivity contribution in [2.75, 3.05) is 13.2 Å². The molecule has 0 saturated carbocycles. The second-order valence-electron chi connectivity index (χ2n) is 11.2. The quantitative estimate of drug-likeness (QED) is 0.0921. The number of fused-ring (bicyclic) bond motifs is 1. The number of hydrogen-bond donors (Lipinski definition) is 2. The molecule has 2 aliphatic rings. The zero-order valence-electron chi connectivity index (χ0n) is 25.8. The molecule has 0 aromatic heterocycles. The van der Waals surface area contributed by atoms with Crippen LogP contribution in [0, 0.1) is 29.4 Å². The summed E-state index contributed by atoms with van der Waals surface area (Å²) in [7, 11) is 0. The molecule has 2 N–H and O–H groups in total. The number of nitrogens with zero attached hydrogens (tertiary/aromatic N) is 1. The van der Waals surface area contributed by atoms with Gasteiger partial charge in [-0.15, -0.1) is 6.42 Å². The van der Waals surface area contributed by atoms with E-state index in [9.17, 15) is 9.18 Å². The van der Waals surface area contributed by atoms with Gasteiger partial charge >= 0.3 is 0 Å². The van der Waals surface area contributed by atoms with Crippen molar-refractivity contribution < 1.29 is 23.4 Å². The second-order valence-corrected chi connectivity index (χ2v) is 11.2. The van der Waals surface area contributed by atoms with Crippen molar-refractivity contribution in [1.29, 1.82) is 5.41 Å². The number of carbonyl (C=O) groups excluding carboxylic acids is 1. The molecule has 1 aliphatic heterocycles. The summed E-state index contributed by atoms with van der Waals surface area (Å²) in [5.41, 5.74) is 6.53. The molecule has 1 aliphatic carbocycles. The number of rotatable bonds is 15. The third-order valence-corrected chi connectivity index (χ3v) is 7.98. The first-order valence-corrected chi connectivity index (χ1v) is 15.5. The summed E-state index contributed by atoms with van der Waals surface area (Å²) in [5, 5.41) is 17.2. The van der Waals surface area contributed by atoms with Gasteiger partial charge < -0.3 is 15.3 Å². The second kappa shape index (κ2) is 16.6. The molecule has 0 unspecified atom stereocenters. The van der Waals surface area contributed by atoms with Gasteiger partial charge in [0.05, 0.1) is 5.71 Å². The first kappa shape index (κ1) is 33.5. The molecule has 4 rings (SSSR count). The normalized spacial score (nSPS) is 17.2. The summed E-state index contributed by atoms with van der Waals surface area (Å²) in [5.74, 6) is -0.0892. The number of carbonyl (C=O) groups is 1. The Morgan fingerprint density at radius 3 is 2.71 bits per heavy atom. The molecule has 5 nitrogen and oxygen atoms in total. The SMILES string of the molecule is C#CCOc1ccc(C2=CN=C3/C(=C\C=C/C/C=C/3Cc3ccc(C(=O)CC(=N)CCCCCCO)c(CC)c3)C2)c(F)c1F. The van der Waals surface area contributed by atoms with Crippen LogP contribution in [0.3, 0.4) is 0 Å². The van der Waals surface area contributed by atoms with Crippen molar-refractivity contribution in [1.82, 2.24) is 0 Å². The molecule has 2 aromatic rings. The van der Waals surface area contributed by atoms with Crippen molar-refractivity contribution in [3.05, 3.63) is 106 Å². The van der Waals surface area contributed by atoms with E-state index in [0.29, 0.717) is 42.5 Å². The van der Waals surface area contributed by atoms with Gasteiger partial charge in [0.15, 0.2) is 17.3 Å². The molecular formula is C38H40F2N2O3. The van der Waals surface area contributed by atoms with Gasteiger partial charge in [-0.05, 0) is 78.5 Å². The van der Waals surface area contributed by atoms with Crippen LogP contribution in [0.2, 0.25) is 0 Å². The van der Waals surface area contributed by atoms with Gasteiger partial charge in [0.1, 0.15) is 6.61 Å². The molecule has 0 radical (unpaired) electrons. The Morgan fingerprint density at radius 1 is 1.11 bits per heavy atom. The van der Waals surface area contributed by atoms with Gasteiger partial charge in [-0.2, -0.15) is 4.39 Å². The zero-order chi connectivity index (χ0) is 32.2. The summed E-state index contributed by atoms with van der Waals surface area (Å²) in [6.45, 7) is 2.06. The Kier molecular flexibility index (Phi) is 12.4. The van der Waals surface area contributed by atoms with Crippen LogP contribution in [0.5, 0.6) is 5.75 Å². The van der Waals surface area contributed by atoms with E-state index in [1.54, 1.807) is 6.20 Å². The Labute approximate surface area is 264 Å². The summed E-state index contributed by atoms with van der Waals surface area (Å²) < 4.78 is 34.8. The summed E-state index contributed by atoms with van der Waals surface area (Å²) in [6, 6.07) is 8.78. The Morgan fingerprint density at radius 2 is 1.93 bits per heavy atom. The Bertz CT molecular complexity index is 1620. The highest BCUT2D eigenvalue weighted by molar-refractivity contribution is 6.15. The van der Waals surface area contributed by atoms with Crippen molar-refractivity contribution in [3.63, 3.8) is 0 Å². The van der Waals surface area contributed by atoms with Crippen LogP contribution in [-0.2, 0) is 12.8 Å². The first-order valence-electron chi connectivity index (χ1n) is 15.5. The van der Waals surface area contributed by atoms with E-state index in [1.807, 2.05) is 37.3 Å². The lowest BCUT2D eigenvalue weighted by Crippen LogP contribution is -2.15. The van der Waals surface area contributed by atoms with E-state index in [4.69, 9.17) is 26.7 Å². The first-order chi connectivity index (χ1) is 21.9. The highest BCUT2D eigenvalue weighted by Gasteiger charge is 2.24. The van der Waals surface area contributed by atoms with Crippen LogP contribution in [0.25, 0.3) is 5.57 Å². The fraction of sp³-hybridized carbons (Fsp3) is 0.342. The molecule has 7 heteroatoms. The number of aliphatic imine (C=N–C) groups is 1. The van der Waals surface area contributed by atoms with E-state index in [-0.39, 0.29) is 36.7 Å². The summed E-state index contributed by atoms with van der Waals surface area (Å²) >= 11 is 0. The number of nitrogens with one attached hydrogen (secondary N) is 1. The lowest BCUT2D eigenvalue weighted by atomic mass is 9.86. The van der Waals surface area contributed by atoms with Crippen LogP contribution < -0.4 is 4.74 Å². The number of ketones is 1. The average molecular weight is 611 g/mol. The third-order valence-electron chi connectivity index (χ3n) is 7.98. The topological polar surface area (TPSA) is 82.7 Å². The van der Waals surface area contributed by atoms with E-state index < -0.39 is 11.6 Å². The number of terminal acetylenes is 1. The maximum Gasteiger partial charge on any atom is 0.201 e. The number of Topliss-reactive ketones (excluding diaryl/α,β-unsaturated/α-hetero) is 1. The number of halogens is 2. The fourth-order valence-corrected chi connectivity index (χ4v) is 5.61. The maximum atomic E-state index is 15.0. The standard InChI is InChI=1S/C38H40F2N2O3/c1-3-20-45-35-18-17-33(36(39)37(35)40)30-23-29-13-9-7-8-12-28(38(29)42-25-30)22-26-15-16-32(27(4-2)21-26)34(44)24-31(41)14-10-5-6-11-19-43/h1,7,9,12-13,15-18,21,25,41,43H,4-6,8,10-11,14,19-20,22-24H2,2H3/b9-7-,28-12+,29-13-,41-31?. The molecule has 0 atom stereocenters. The molecule has 0 bridgehead atoms. The van der Waals surface area contributed by atoms with E-state index >= 15 is 4.39 Å². The average Bonchev–Trinajstić information content (AvgIpc) is 3.03. The Balaban J connectivity index is 1.51. The number of benzene rings is 2. The van der Waals surface area contributed by atoms with Crippen molar-refractivity contribution >= 4 is 22.8 Å². The smallest absolute Gasteiger partial charge is 0.201 e. The van der Waals surface area contributed by atoms with Crippen LogP contribution in [-0.4, -0.2) is 35.5 Å². The molecular weight excluding hydrogens is 570 g/mol. The molecule has 45 heavy (non-hydrogen) atoms. The molecule has 1 heterocycles. The Hall–Kier alpha value is -4.41. The molecule has 0 saturated heterocycles. The monoisotopic (exact) mass is 610 g/mol. The molecule has 2 aromatic carbocycles. The summed E-state index contributed by atoms with van der Waals surface area (Å²) in [6.07, 6.45) is 21.5. The van der Waals surface area contributed by atoms with Crippen LogP contribution in [0.4, 0.5) is 8.78 Å². The van der Waals surface area contributed by atoms with Gasteiger partial charge in [0.25, 0.3) is 0 Å². The van der Waals surface area contributed by atoms with Crippen molar-refractivity contribution in [2.24, 2.45) is 4.99 Å². The minimum atomic E-state index is -1.08. The number of allylic oxidation sites excluding steroid dienone is 7. The highest BCUT2D eigenvalue weighted by atomic mass is 19.2. The third kappa shape index (κ3) is 8.83. The fourth-order valence-electron chi connectivity index (χ4n) is 5.61. The molecule has 0 spiro atoms. The highest BCUT2D eigenvalue weighted by Crippen LogP contribution is 2.35. The van der Waals surface area contributed by atoms with Crippen molar-refractivity contribution in [3.8, 4) is 18.1 Å². The predicted molar refractivity (Wildman–Crippen MR) is 177 cm³/mol. The lowest BCUT2D eigenvalue weighted by Gasteiger charge is -2.22. The summed E-state index contributed by atoms with van der Waals surface area (Å²) in [4.78, 5) is 17.9. The minimum absolute atomic E-state index is 0.0343.